The van der Waals surface area contributed by atoms with Crippen LogP contribution in [0.15, 0.2) is 48.5 Å². The Morgan fingerprint density at radius 2 is 1.62 bits per heavy atom. The molecule has 9 heteroatoms. The molecular formula is C28H39N3O6. The van der Waals surface area contributed by atoms with Crippen molar-refractivity contribution >= 4 is 12.9 Å². The van der Waals surface area contributed by atoms with Crippen molar-refractivity contribution < 1.29 is 29.3 Å². The predicted octanol–water partition coefficient (Wildman–Crippen LogP) is 2.95. The van der Waals surface area contributed by atoms with Crippen LogP contribution < -0.4 is 4.74 Å². The molecule has 2 aromatic rings. The molecule has 0 unspecified atom stereocenters. The fourth-order valence-corrected chi connectivity index (χ4v) is 5.50. The van der Waals surface area contributed by atoms with E-state index in [1.165, 1.54) is 42.6 Å². The van der Waals surface area contributed by atoms with E-state index in [1.54, 1.807) is 7.11 Å². The highest BCUT2D eigenvalue weighted by molar-refractivity contribution is 5.37. The Morgan fingerprint density at radius 1 is 0.919 bits per heavy atom. The first-order valence-electron chi connectivity index (χ1n) is 12.8. The Balaban J connectivity index is 0.000000580. The van der Waals surface area contributed by atoms with Crippen LogP contribution in [0.2, 0.25) is 0 Å². The van der Waals surface area contributed by atoms with E-state index in [4.69, 9.17) is 29.3 Å². The van der Waals surface area contributed by atoms with E-state index >= 15 is 0 Å². The summed E-state index contributed by atoms with van der Waals surface area (Å²) in [6.45, 7) is 8.83. The number of rotatable bonds is 6. The molecule has 0 spiro atoms. The molecule has 0 radical (unpaired) electrons. The average Bonchev–Trinajstić information content (AvgIpc) is 3.43. The number of hydrogen-bond donors (Lipinski definition) is 2. The molecule has 3 fully saturated rings. The molecule has 2 atom stereocenters. The summed E-state index contributed by atoms with van der Waals surface area (Å²) in [4.78, 5) is 24.5. The van der Waals surface area contributed by atoms with Crippen LogP contribution in [-0.2, 0) is 27.4 Å². The van der Waals surface area contributed by atoms with Crippen molar-refractivity contribution in [3.8, 4) is 5.75 Å². The minimum absolute atomic E-state index is 0.250. The lowest BCUT2D eigenvalue weighted by Crippen LogP contribution is -2.58. The summed E-state index contributed by atoms with van der Waals surface area (Å²) in [6.07, 6.45) is 2.64. The minimum Gasteiger partial charge on any atom is -0.496 e. The van der Waals surface area contributed by atoms with Crippen LogP contribution in [0.25, 0.3) is 0 Å². The highest BCUT2D eigenvalue weighted by Gasteiger charge is 2.36. The summed E-state index contributed by atoms with van der Waals surface area (Å²) in [6, 6.07) is 18.5. The largest absolute Gasteiger partial charge is 0.496 e. The molecule has 0 aromatic heterocycles. The van der Waals surface area contributed by atoms with Crippen molar-refractivity contribution in [1.29, 1.82) is 0 Å². The molecular weight excluding hydrogens is 474 g/mol. The van der Waals surface area contributed by atoms with Gasteiger partial charge in [0.15, 0.2) is 0 Å². The minimum atomic E-state index is -0.250. The van der Waals surface area contributed by atoms with Crippen LogP contribution >= 0.6 is 0 Å². The summed E-state index contributed by atoms with van der Waals surface area (Å²) in [7, 11) is 1.79. The molecule has 0 saturated carbocycles. The van der Waals surface area contributed by atoms with Gasteiger partial charge in [-0.15, -0.1) is 0 Å². The van der Waals surface area contributed by atoms with E-state index < -0.39 is 0 Å². The van der Waals surface area contributed by atoms with Crippen LogP contribution in [0.1, 0.15) is 35.6 Å². The van der Waals surface area contributed by atoms with Crippen LogP contribution in [0.3, 0.4) is 0 Å². The Morgan fingerprint density at radius 3 is 2.30 bits per heavy atom. The van der Waals surface area contributed by atoms with Crippen molar-refractivity contribution in [1.82, 2.24) is 14.7 Å². The van der Waals surface area contributed by atoms with Crippen molar-refractivity contribution in [2.45, 2.75) is 38.0 Å². The third-order valence-electron chi connectivity index (χ3n) is 7.13. The lowest BCUT2D eigenvalue weighted by molar-refractivity contribution is -0.123. The Bertz CT molecular complexity index is 948. The van der Waals surface area contributed by atoms with Gasteiger partial charge in [0, 0.05) is 44.3 Å². The highest BCUT2D eigenvalue weighted by atomic mass is 16.5. The molecule has 2 N–H and O–H groups in total. The zero-order chi connectivity index (χ0) is 26.5. The maximum Gasteiger partial charge on any atom is 0.290 e. The number of morpholine rings is 1. The summed E-state index contributed by atoms with van der Waals surface area (Å²) in [5, 5.41) is 13.8. The van der Waals surface area contributed by atoms with Gasteiger partial charge >= 0.3 is 0 Å². The fraction of sp³-hybridized carbons (Fsp3) is 0.500. The second-order valence-electron chi connectivity index (χ2n) is 9.43. The standard InChI is InChI=1S/C26H35N3O2.2CH2O2/c1-30-26-10-9-21(15-23(26)17-27-11-5-6-12-27)16-28-13-14-29-24(18-28)19-31-20-25(29)22-7-3-2-4-8-22;2*2-1-3/h2-4,7-10,15,24-25H,5-6,11-14,16-20H2,1H3;2*1H,(H,2,3)/t24-,25-;;/m1../s1. The van der Waals surface area contributed by atoms with Crippen molar-refractivity contribution in [2.24, 2.45) is 0 Å². The van der Waals surface area contributed by atoms with Gasteiger partial charge in [-0.2, -0.15) is 0 Å². The van der Waals surface area contributed by atoms with Gasteiger partial charge in [0.2, 0.25) is 0 Å². The fourth-order valence-electron chi connectivity index (χ4n) is 5.50. The van der Waals surface area contributed by atoms with Crippen molar-refractivity contribution in [3.63, 3.8) is 0 Å². The summed E-state index contributed by atoms with van der Waals surface area (Å²) in [5.41, 5.74) is 4.09. The first-order chi connectivity index (χ1) is 18.1. The number of hydrogen-bond acceptors (Lipinski definition) is 7. The normalized spacial score (nSPS) is 22.0. The molecule has 9 nitrogen and oxygen atoms in total. The van der Waals surface area contributed by atoms with Crippen molar-refractivity contribution in [2.75, 3.05) is 53.0 Å². The van der Waals surface area contributed by atoms with Gasteiger partial charge in [-0.05, 0) is 49.2 Å². The lowest BCUT2D eigenvalue weighted by Gasteiger charge is -2.48. The second kappa shape index (κ2) is 15.3. The summed E-state index contributed by atoms with van der Waals surface area (Å²) >= 11 is 0. The number of benzene rings is 2. The number of carboxylic acid groups (broad SMARTS) is 2. The number of likely N-dealkylation sites (tertiary alicyclic amines) is 1. The first kappa shape index (κ1) is 28.6. The molecule has 3 aliphatic rings. The molecule has 37 heavy (non-hydrogen) atoms. The number of nitrogens with zero attached hydrogens (tertiary/aromatic N) is 3. The molecule has 202 valence electrons. The van der Waals surface area contributed by atoms with Gasteiger partial charge in [-0.3, -0.25) is 24.3 Å². The average molecular weight is 514 g/mol. The monoisotopic (exact) mass is 513 g/mol. The van der Waals surface area contributed by atoms with Gasteiger partial charge in [-0.1, -0.05) is 36.4 Å². The van der Waals surface area contributed by atoms with Gasteiger partial charge < -0.3 is 19.7 Å². The quantitative estimate of drug-likeness (QED) is 0.565. The predicted molar refractivity (Wildman–Crippen MR) is 141 cm³/mol. The second-order valence-corrected chi connectivity index (χ2v) is 9.43. The van der Waals surface area contributed by atoms with Crippen LogP contribution in [0, 0.1) is 0 Å². The van der Waals surface area contributed by atoms with Crippen LogP contribution in [0.4, 0.5) is 0 Å². The van der Waals surface area contributed by atoms with Crippen LogP contribution in [-0.4, -0.2) is 96.9 Å². The van der Waals surface area contributed by atoms with E-state index in [-0.39, 0.29) is 12.9 Å². The van der Waals surface area contributed by atoms with Gasteiger partial charge in [-0.25, -0.2) is 0 Å². The Labute approximate surface area is 219 Å². The third kappa shape index (κ3) is 8.26. The topological polar surface area (TPSA) is 103 Å². The molecule has 3 heterocycles. The smallest absolute Gasteiger partial charge is 0.290 e. The maximum absolute atomic E-state index is 8.36. The zero-order valence-corrected chi connectivity index (χ0v) is 21.6. The SMILES string of the molecule is COc1ccc(CN2CCN3[C@@H](COC[C@@H]3c3ccccc3)C2)cc1CN1CCCC1.O=CO.O=CO. The van der Waals surface area contributed by atoms with E-state index in [1.807, 2.05) is 0 Å². The number of methoxy groups -OCH3 is 1. The third-order valence-corrected chi connectivity index (χ3v) is 7.13. The molecule has 5 rings (SSSR count). The van der Waals surface area contributed by atoms with E-state index in [2.05, 4.69) is 63.2 Å². The number of piperazine rings is 1. The van der Waals surface area contributed by atoms with Gasteiger partial charge in [0.1, 0.15) is 5.75 Å². The first-order valence-corrected chi connectivity index (χ1v) is 12.8. The molecule has 3 saturated heterocycles. The Kier molecular flexibility index (Phi) is 11.8. The van der Waals surface area contributed by atoms with Gasteiger partial charge in [0.05, 0.1) is 26.4 Å². The summed E-state index contributed by atoms with van der Waals surface area (Å²) in [5.74, 6) is 1.02. The highest BCUT2D eigenvalue weighted by Crippen LogP contribution is 2.30. The van der Waals surface area contributed by atoms with Crippen LogP contribution in [0.5, 0.6) is 5.75 Å². The Hall–Kier alpha value is -2.98. The number of fused-ring (bicyclic) bond motifs is 1. The lowest BCUT2D eigenvalue weighted by atomic mass is 10.00. The van der Waals surface area contributed by atoms with Gasteiger partial charge in [0.25, 0.3) is 12.9 Å². The van der Waals surface area contributed by atoms with Crippen molar-refractivity contribution in [3.05, 3.63) is 65.2 Å². The number of carbonyl (C=O) groups is 2. The molecule has 3 aliphatic heterocycles. The number of ether oxygens (including phenoxy) is 2. The summed E-state index contributed by atoms with van der Waals surface area (Å²) < 4.78 is 11.7. The maximum atomic E-state index is 8.36. The zero-order valence-electron chi connectivity index (χ0n) is 21.6. The van der Waals surface area contributed by atoms with E-state index in [0.717, 1.165) is 51.7 Å². The van der Waals surface area contributed by atoms with E-state index in [0.29, 0.717) is 12.1 Å². The molecule has 0 amide bonds. The molecule has 0 bridgehead atoms. The van der Waals surface area contributed by atoms with E-state index in [9.17, 15) is 0 Å². The molecule has 2 aromatic carbocycles. The molecule has 0 aliphatic carbocycles.